The Morgan fingerprint density at radius 1 is 0.944 bits per heavy atom. The molecular formula is C11H11N3O2S2. The van der Waals surface area contributed by atoms with Gasteiger partial charge >= 0.3 is 0 Å². The van der Waals surface area contributed by atoms with Crippen LogP contribution in [0.4, 0.5) is 0 Å². The first-order valence-corrected chi connectivity index (χ1v) is 7.45. The van der Waals surface area contributed by atoms with Crippen molar-refractivity contribution in [1.29, 1.82) is 0 Å². The third-order valence-corrected chi connectivity index (χ3v) is 3.28. The van der Waals surface area contributed by atoms with E-state index in [-0.39, 0.29) is 11.5 Å². The average molecular weight is 281 g/mol. The number of aromatic nitrogens is 3. The highest BCUT2D eigenvalue weighted by molar-refractivity contribution is 7.99. The molecule has 2 N–H and O–H groups in total. The molecule has 0 fully saturated rings. The molecule has 0 unspecified atom stereocenters. The summed E-state index contributed by atoms with van der Waals surface area (Å²) in [5.74, 6) is 0.344. The highest BCUT2D eigenvalue weighted by Crippen LogP contribution is 2.31. The van der Waals surface area contributed by atoms with E-state index >= 15 is 0 Å². The molecule has 2 rings (SSSR count). The van der Waals surface area contributed by atoms with E-state index in [9.17, 15) is 10.2 Å². The Balaban J connectivity index is 2.55. The van der Waals surface area contributed by atoms with E-state index in [4.69, 9.17) is 0 Å². The molecule has 0 aliphatic rings. The Labute approximate surface area is 113 Å². The molecule has 1 aromatic heterocycles. The Morgan fingerprint density at radius 2 is 1.56 bits per heavy atom. The summed E-state index contributed by atoms with van der Waals surface area (Å²) in [5, 5.41) is 20.3. The van der Waals surface area contributed by atoms with Crippen LogP contribution in [0.15, 0.2) is 28.5 Å². The highest BCUT2D eigenvalue weighted by atomic mass is 32.2. The molecule has 7 heteroatoms. The van der Waals surface area contributed by atoms with E-state index in [1.54, 1.807) is 6.07 Å². The quantitative estimate of drug-likeness (QED) is 0.836. The lowest BCUT2D eigenvalue weighted by Crippen LogP contribution is -1.97. The van der Waals surface area contributed by atoms with E-state index in [0.29, 0.717) is 21.7 Å². The van der Waals surface area contributed by atoms with Crippen molar-refractivity contribution in [3.63, 3.8) is 0 Å². The highest BCUT2D eigenvalue weighted by Gasteiger charge is 2.11. The lowest BCUT2D eigenvalue weighted by molar-refractivity contribution is 0.451. The van der Waals surface area contributed by atoms with Gasteiger partial charge in [0.2, 0.25) is 0 Å². The zero-order valence-corrected chi connectivity index (χ0v) is 11.4. The fraction of sp³-hybridized carbons (Fsp3) is 0.182. The number of nitrogens with zero attached hydrogens (tertiary/aromatic N) is 3. The molecule has 0 saturated heterocycles. The summed E-state index contributed by atoms with van der Waals surface area (Å²) in [6.07, 6.45) is 3.75. The van der Waals surface area contributed by atoms with Crippen molar-refractivity contribution in [1.82, 2.24) is 15.0 Å². The predicted molar refractivity (Wildman–Crippen MR) is 72.2 cm³/mol. The van der Waals surface area contributed by atoms with Crippen molar-refractivity contribution < 1.29 is 10.2 Å². The molecule has 2 aromatic rings. The van der Waals surface area contributed by atoms with Crippen LogP contribution in [0.1, 0.15) is 0 Å². The molecule has 0 aliphatic carbocycles. The van der Waals surface area contributed by atoms with Crippen molar-refractivity contribution in [2.75, 3.05) is 12.5 Å². The second kappa shape index (κ2) is 5.45. The second-order valence-electron chi connectivity index (χ2n) is 3.33. The normalized spacial score (nSPS) is 10.6. The molecule has 0 atom stereocenters. The number of phenols is 2. The van der Waals surface area contributed by atoms with Gasteiger partial charge in [-0.2, -0.15) is 4.98 Å². The summed E-state index contributed by atoms with van der Waals surface area (Å²) in [5.41, 5.74) is 0.473. The Bertz CT molecular complexity index is 556. The number of aromatic hydroxyl groups is 2. The molecule has 0 radical (unpaired) electrons. The summed E-state index contributed by atoms with van der Waals surface area (Å²) in [4.78, 5) is 12.7. The van der Waals surface area contributed by atoms with Crippen LogP contribution in [0, 0.1) is 0 Å². The summed E-state index contributed by atoms with van der Waals surface area (Å²) < 4.78 is 0. The maximum Gasteiger partial charge on any atom is 0.191 e. The van der Waals surface area contributed by atoms with Gasteiger partial charge in [0.15, 0.2) is 16.1 Å². The molecule has 0 amide bonds. The molecular weight excluding hydrogens is 270 g/mol. The van der Waals surface area contributed by atoms with Crippen molar-refractivity contribution in [2.24, 2.45) is 0 Å². The number of rotatable bonds is 3. The van der Waals surface area contributed by atoms with Gasteiger partial charge in [-0.15, -0.1) is 0 Å². The van der Waals surface area contributed by atoms with Gasteiger partial charge in [-0.1, -0.05) is 23.5 Å². The van der Waals surface area contributed by atoms with Crippen LogP contribution in [0.2, 0.25) is 0 Å². The Kier molecular flexibility index (Phi) is 3.93. The van der Waals surface area contributed by atoms with Crippen LogP contribution in [-0.2, 0) is 0 Å². The van der Waals surface area contributed by atoms with Gasteiger partial charge < -0.3 is 10.2 Å². The van der Waals surface area contributed by atoms with E-state index in [0.717, 1.165) is 0 Å². The van der Waals surface area contributed by atoms with Crippen LogP contribution in [0.3, 0.4) is 0 Å². The van der Waals surface area contributed by atoms with Gasteiger partial charge in [0.05, 0.1) is 5.56 Å². The van der Waals surface area contributed by atoms with Crippen LogP contribution in [0.25, 0.3) is 11.4 Å². The first-order valence-electron chi connectivity index (χ1n) is 5.00. The minimum Gasteiger partial charge on any atom is -0.508 e. The summed E-state index contributed by atoms with van der Waals surface area (Å²) in [7, 11) is 0. The first kappa shape index (κ1) is 13.0. The van der Waals surface area contributed by atoms with E-state index in [1.807, 2.05) is 12.5 Å². The number of hydrogen-bond acceptors (Lipinski definition) is 7. The van der Waals surface area contributed by atoms with Crippen LogP contribution >= 0.6 is 23.5 Å². The van der Waals surface area contributed by atoms with Crippen LogP contribution in [-0.4, -0.2) is 37.7 Å². The second-order valence-corrected chi connectivity index (χ2v) is 4.88. The Hall–Kier alpha value is -1.47. The number of hydrogen-bond donors (Lipinski definition) is 2. The lowest BCUT2D eigenvalue weighted by atomic mass is 10.2. The topological polar surface area (TPSA) is 79.1 Å². The summed E-state index contributed by atoms with van der Waals surface area (Å²) >= 11 is 2.82. The molecule has 94 valence electrons. The zero-order valence-electron chi connectivity index (χ0n) is 9.78. The molecule has 1 heterocycles. The smallest absolute Gasteiger partial charge is 0.191 e. The molecule has 0 aliphatic heterocycles. The minimum atomic E-state index is -0.0553. The maximum absolute atomic E-state index is 9.80. The average Bonchev–Trinajstić information content (AvgIpc) is 2.38. The van der Waals surface area contributed by atoms with Crippen molar-refractivity contribution >= 4 is 23.5 Å². The van der Waals surface area contributed by atoms with E-state index in [1.165, 1.54) is 35.7 Å². The lowest BCUT2D eigenvalue weighted by Gasteiger charge is -2.06. The van der Waals surface area contributed by atoms with Crippen LogP contribution in [0.5, 0.6) is 11.5 Å². The van der Waals surface area contributed by atoms with Gasteiger partial charge in [0.25, 0.3) is 0 Å². The number of benzene rings is 1. The minimum absolute atomic E-state index is 0.000450. The fourth-order valence-electron chi connectivity index (χ4n) is 1.35. The van der Waals surface area contributed by atoms with Gasteiger partial charge in [0.1, 0.15) is 11.5 Å². The van der Waals surface area contributed by atoms with Gasteiger partial charge in [-0.25, -0.2) is 9.97 Å². The summed E-state index contributed by atoms with van der Waals surface area (Å²) in [6, 6.07) is 4.32. The van der Waals surface area contributed by atoms with Crippen molar-refractivity contribution in [3.05, 3.63) is 18.2 Å². The predicted octanol–water partition coefficient (Wildman–Crippen LogP) is 2.39. The van der Waals surface area contributed by atoms with Gasteiger partial charge in [0, 0.05) is 6.07 Å². The van der Waals surface area contributed by atoms with Crippen molar-refractivity contribution in [3.8, 4) is 22.9 Å². The van der Waals surface area contributed by atoms with E-state index in [2.05, 4.69) is 15.0 Å². The van der Waals surface area contributed by atoms with Crippen molar-refractivity contribution in [2.45, 2.75) is 10.3 Å². The third kappa shape index (κ3) is 2.68. The third-order valence-electron chi connectivity index (χ3n) is 2.18. The van der Waals surface area contributed by atoms with Crippen LogP contribution < -0.4 is 0 Å². The standard InChI is InChI=1S/C11H11N3O2S2/c1-17-10-12-9(13-11(14-10)18-2)7-4-3-6(15)5-8(7)16/h3-5,15-16H,1-2H3. The monoisotopic (exact) mass is 281 g/mol. The van der Waals surface area contributed by atoms with Gasteiger partial charge in [-0.3, -0.25) is 0 Å². The summed E-state index contributed by atoms with van der Waals surface area (Å²) in [6.45, 7) is 0. The molecule has 1 aromatic carbocycles. The SMILES string of the molecule is CSc1nc(SC)nc(-c2ccc(O)cc2O)n1. The maximum atomic E-state index is 9.80. The Morgan fingerprint density at radius 3 is 2.06 bits per heavy atom. The largest absolute Gasteiger partial charge is 0.508 e. The van der Waals surface area contributed by atoms with E-state index < -0.39 is 0 Å². The fourth-order valence-corrected chi connectivity index (χ4v) is 2.12. The molecule has 5 nitrogen and oxygen atoms in total. The zero-order chi connectivity index (χ0) is 13.1. The molecule has 0 bridgehead atoms. The molecule has 0 spiro atoms. The number of phenolic OH excluding ortho intramolecular Hbond substituents is 2. The van der Waals surface area contributed by atoms with Gasteiger partial charge in [-0.05, 0) is 24.6 Å². The molecule has 0 saturated carbocycles. The molecule has 18 heavy (non-hydrogen) atoms. The first-order chi connectivity index (χ1) is 8.63. The number of thioether (sulfide) groups is 2.